The third-order valence-electron chi connectivity index (χ3n) is 4.12. The van der Waals surface area contributed by atoms with Gasteiger partial charge in [0.1, 0.15) is 0 Å². The normalized spacial score (nSPS) is 18.1. The van der Waals surface area contributed by atoms with Gasteiger partial charge in [-0.3, -0.25) is 9.59 Å². The Bertz CT molecular complexity index is 797. The molecule has 122 valence electrons. The topological polar surface area (TPSA) is 81.2 Å². The quantitative estimate of drug-likeness (QED) is 0.924. The van der Waals surface area contributed by atoms with Gasteiger partial charge in [0.2, 0.25) is 0 Å². The summed E-state index contributed by atoms with van der Waals surface area (Å²) in [6.45, 7) is 5.70. The fraction of sp³-hybridized carbons (Fsp3) is 0.471. The van der Waals surface area contributed by atoms with E-state index in [1.54, 1.807) is 17.0 Å². The maximum atomic E-state index is 12.8. The molecule has 1 amide bonds. The van der Waals surface area contributed by atoms with Gasteiger partial charge in [0.15, 0.2) is 5.69 Å². The van der Waals surface area contributed by atoms with E-state index in [2.05, 4.69) is 5.10 Å². The lowest BCUT2D eigenvalue weighted by Gasteiger charge is -2.18. The lowest BCUT2D eigenvalue weighted by molar-refractivity contribution is 0.0784. The van der Waals surface area contributed by atoms with Crippen LogP contribution in [-0.2, 0) is 6.54 Å². The number of hydrogen-bond acceptors (Lipinski definition) is 4. The zero-order valence-electron chi connectivity index (χ0n) is 13.5. The number of carbonyl (C=O) groups is 1. The molecule has 1 aromatic carbocycles. The molecule has 0 aliphatic carbocycles. The Kier molecular flexibility index (Phi) is 4.17. The zero-order chi connectivity index (χ0) is 16.6. The summed E-state index contributed by atoms with van der Waals surface area (Å²) in [6.07, 6.45) is 0.801. The minimum atomic E-state index is -0.149. The Morgan fingerprint density at radius 1 is 1.35 bits per heavy atom. The van der Waals surface area contributed by atoms with E-state index in [1.807, 2.05) is 26.0 Å². The summed E-state index contributed by atoms with van der Waals surface area (Å²) in [5, 5.41) is 5.53. The van der Waals surface area contributed by atoms with Gasteiger partial charge in [-0.2, -0.15) is 5.10 Å². The van der Waals surface area contributed by atoms with Crippen LogP contribution in [0.3, 0.4) is 0 Å². The van der Waals surface area contributed by atoms with E-state index in [0.29, 0.717) is 36.1 Å². The van der Waals surface area contributed by atoms with Crippen molar-refractivity contribution in [3.63, 3.8) is 0 Å². The molecule has 1 atom stereocenters. The third kappa shape index (κ3) is 2.99. The predicted molar refractivity (Wildman–Crippen MR) is 89.3 cm³/mol. The summed E-state index contributed by atoms with van der Waals surface area (Å²) in [5.41, 5.74) is 6.10. The van der Waals surface area contributed by atoms with Crippen LogP contribution in [-0.4, -0.2) is 39.7 Å². The van der Waals surface area contributed by atoms with Gasteiger partial charge in [-0.15, -0.1) is 0 Å². The summed E-state index contributed by atoms with van der Waals surface area (Å²) in [7, 11) is 0. The van der Waals surface area contributed by atoms with Crippen molar-refractivity contribution in [3.05, 3.63) is 40.3 Å². The molecule has 1 saturated heterocycles. The second-order valence-corrected chi connectivity index (χ2v) is 6.58. The summed E-state index contributed by atoms with van der Waals surface area (Å²) < 4.78 is 1.41. The lowest BCUT2D eigenvalue weighted by atomic mass is 10.1. The number of nitrogens with two attached hydrogens (primary N) is 1. The SMILES string of the molecule is CC(C)Cn1nc(C(=O)N2CC[C@H](N)C2)c2ccccc2c1=O. The summed E-state index contributed by atoms with van der Waals surface area (Å²) >= 11 is 0. The highest BCUT2D eigenvalue weighted by Crippen LogP contribution is 2.18. The first kappa shape index (κ1) is 15.7. The molecule has 2 heterocycles. The van der Waals surface area contributed by atoms with Gasteiger partial charge in [0.25, 0.3) is 11.5 Å². The van der Waals surface area contributed by atoms with E-state index in [-0.39, 0.29) is 23.4 Å². The number of benzene rings is 1. The lowest BCUT2D eigenvalue weighted by Crippen LogP contribution is -2.35. The van der Waals surface area contributed by atoms with Crippen molar-refractivity contribution in [1.29, 1.82) is 0 Å². The van der Waals surface area contributed by atoms with Gasteiger partial charge >= 0.3 is 0 Å². The molecule has 23 heavy (non-hydrogen) atoms. The first-order chi connectivity index (χ1) is 11.0. The van der Waals surface area contributed by atoms with Crippen LogP contribution < -0.4 is 11.3 Å². The molecule has 0 bridgehead atoms. The molecule has 1 fully saturated rings. The smallest absolute Gasteiger partial charge is 0.275 e. The number of amides is 1. The highest BCUT2D eigenvalue weighted by atomic mass is 16.2. The van der Waals surface area contributed by atoms with E-state index in [1.165, 1.54) is 4.68 Å². The van der Waals surface area contributed by atoms with Crippen LogP contribution in [0.15, 0.2) is 29.1 Å². The molecule has 1 aliphatic rings. The molecule has 6 nitrogen and oxygen atoms in total. The average Bonchev–Trinajstić information content (AvgIpc) is 2.95. The van der Waals surface area contributed by atoms with Gasteiger partial charge in [-0.25, -0.2) is 4.68 Å². The van der Waals surface area contributed by atoms with E-state index in [0.717, 1.165) is 6.42 Å². The van der Waals surface area contributed by atoms with Gasteiger partial charge in [0.05, 0.1) is 5.39 Å². The highest BCUT2D eigenvalue weighted by Gasteiger charge is 2.27. The summed E-state index contributed by atoms with van der Waals surface area (Å²) in [4.78, 5) is 27.1. The maximum absolute atomic E-state index is 12.8. The first-order valence-electron chi connectivity index (χ1n) is 8.02. The number of fused-ring (bicyclic) bond motifs is 1. The number of rotatable bonds is 3. The van der Waals surface area contributed by atoms with Gasteiger partial charge in [-0.1, -0.05) is 32.0 Å². The van der Waals surface area contributed by atoms with Crippen molar-refractivity contribution >= 4 is 16.7 Å². The van der Waals surface area contributed by atoms with Crippen molar-refractivity contribution in [2.24, 2.45) is 11.7 Å². The molecule has 1 aliphatic heterocycles. The second kappa shape index (κ2) is 6.12. The number of nitrogens with zero attached hydrogens (tertiary/aromatic N) is 3. The van der Waals surface area contributed by atoms with Crippen LogP contribution in [0.2, 0.25) is 0 Å². The molecular weight excluding hydrogens is 292 g/mol. The molecule has 0 saturated carbocycles. The summed E-state index contributed by atoms with van der Waals surface area (Å²) in [6, 6.07) is 7.19. The van der Waals surface area contributed by atoms with Gasteiger partial charge in [0, 0.05) is 31.1 Å². The van der Waals surface area contributed by atoms with Gasteiger partial charge in [-0.05, 0) is 18.4 Å². The molecular formula is C17H22N4O2. The second-order valence-electron chi connectivity index (χ2n) is 6.58. The number of carbonyl (C=O) groups excluding carboxylic acids is 1. The fourth-order valence-corrected chi connectivity index (χ4v) is 2.98. The average molecular weight is 314 g/mol. The molecule has 0 spiro atoms. The molecule has 2 aromatic rings. The Morgan fingerprint density at radius 2 is 2.04 bits per heavy atom. The number of likely N-dealkylation sites (tertiary alicyclic amines) is 1. The van der Waals surface area contributed by atoms with Crippen molar-refractivity contribution in [2.45, 2.75) is 32.9 Å². The molecule has 0 radical (unpaired) electrons. The van der Waals surface area contributed by atoms with Crippen LogP contribution in [0.5, 0.6) is 0 Å². The highest BCUT2D eigenvalue weighted by molar-refractivity contribution is 6.04. The van der Waals surface area contributed by atoms with Crippen LogP contribution >= 0.6 is 0 Å². The predicted octanol–water partition coefficient (Wildman–Crippen LogP) is 1.23. The van der Waals surface area contributed by atoms with Crippen LogP contribution in [0.1, 0.15) is 30.8 Å². The monoisotopic (exact) mass is 314 g/mol. The first-order valence-corrected chi connectivity index (χ1v) is 8.02. The minimum Gasteiger partial charge on any atom is -0.336 e. The molecule has 0 unspecified atom stereocenters. The van der Waals surface area contributed by atoms with Gasteiger partial charge < -0.3 is 10.6 Å². The zero-order valence-corrected chi connectivity index (χ0v) is 13.5. The largest absolute Gasteiger partial charge is 0.336 e. The van der Waals surface area contributed by atoms with Crippen molar-refractivity contribution < 1.29 is 4.79 Å². The molecule has 3 rings (SSSR count). The fourth-order valence-electron chi connectivity index (χ4n) is 2.98. The van der Waals surface area contributed by atoms with Crippen LogP contribution in [0.4, 0.5) is 0 Å². The Morgan fingerprint density at radius 3 is 2.65 bits per heavy atom. The van der Waals surface area contributed by atoms with E-state index >= 15 is 0 Å². The summed E-state index contributed by atoms with van der Waals surface area (Å²) in [5.74, 6) is 0.121. The van der Waals surface area contributed by atoms with Crippen molar-refractivity contribution in [1.82, 2.24) is 14.7 Å². The van der Waals surface area contributed by atoms with Crippen LogP contribution in [0.25, 0.3) is 10.8 Å². The molecule has 6 heteroatoms. The molecule has 1 aromatic heterocycles. The Labute approximate surface area is 134 Å². The Hall–Kier alpha value is -2.21. The van der Waals surface area contributed by atoms with E-state index in [9.17, 15) is 9.59 Å². The minimum absolute atomic E-state index is 0.0202. The number of hydrogen-bond donors (Lipinski definition) is 1. The standard InChI is InChI=1S/C17H22N4O2/c1-11(2)9-21-16(22)14-6-4-3-5-13(14)15(19-21)17(23)20-8-7-12(18)10-20/h3-6,11-12H,7-10,18H2,1-2H3/t12-/m0/s1. The maximum Gasteiger partial charge on any atom is 0.275 e. The van der Waals surface area contributed by atoms with Crippen LogP contribution in [0, 0.1) is 5.92 Å². The number of aromatic nitrogens is 2. The molecule has 2 N–H and O–H groups in total. The van der Waals surface area contributed by atoms with E-state index in [4.69, 9.17) is 5.73 Å². The van der Waals surface area contributed by atoms with Crippen molar-refractivity contribution in [3.8, 4) is 0 Å². The van der Waals surface area contributed by atoms with E-state index < -0.39 is 0 Å². The Balaban J connectivity index is 2.13. The third-order valence-corrected chi connectivity index (χ3v) is 4.12. The van der Waals surface area contributed by atoms with Crippen molar-refractivity contribution in [2.75, 3.05) is 13.1 Å².